The number of nitrogens with zero attached hydrogens (tertiary/aromatic N) is 5. The number of hydrogen-bond donors (Lipinski definition) is 0. The largest absolute Gasteiger partial charge is 0.493 e. The fourth-order valence-electron chi connectivity index (χ4n) is 7.64. The first kappa shape index (κ1) is 36.2. The summed E-state index contributed by atoms with van der Waals surface area (Å²) in [4.78, 5) is 26.6. The van der Waals surface area contributed by atoms with E-state index in [2.05, 4.69) is 73.9 Å². The molecule has 3 aromatic carbocycles. The molecule has 0 aliphatic carbocycles. The summed E-state index contributed by atoms with van der Waals surface area (Å²) >= 11 is 0. The lowest BCUT2D eigenvalue weighted by Gasteiger charge is -2.31. The Balaban J connectivity index is 0.00000468. The van der Waals surface area contributed by atoms with Gasteiger partial charge in [-0.2, -0.15) is 0 Å². The van der Waals surface area contributed by atoms with E-state index in [1.165, 1.54) is 5.56 Å². The smallest absolute Gasteiger partial charge is 0.229 e. The van der Waals surface area contributed by atoms with Gasteiger partial charge in [0.05, 0.1) is 37.3 Å². The fourth-order valence-corrected chi connectivity index (χ4v) is 7.64. The quantitative estimate of drug-likeness (QED) is 0.171. The number of imidazole rings is 1. The topological polar surface area (TPSA) is 104 Å². The van der Waals surface area contributed by atoms with Crippen LogP contribution in [-0.2, 0) is 29.0 Å². The van der Waals surface area contributed by atoms with Gasteiger partial charge in [-0.05, 0) is 87.5 Å². The summed E-state index contributed by atoms with van der Waals surface area (Å²) in [5.41, 5.74) is 5.06. The summed E-state index contributed by atoms with van der Waals surface area (Å²) < 4.78 is 19.2. The van der Waals surface area contributed by atoms with Crippen LogP contribution in [0.2, 0.25) is 0 Å². The molecule has 2 saturated heterocycles. The highest BCUT2D eigenvalue weighted by atomic mass is 16.5. The molecular formula is C39H53N5O5. The molecular weight excluding hydrogens is 618 g/mol. The summed E-state index contributed by atoms with van der Waals surface area (Å²) in [6.45, 7) is 12.3. The zero-order chi connectivity index (χ0) is 33.5. The van der Waals surface area contributed by atoms with Crippen LogP contribution in [0, 0.1) is 12.3 Å². The Morgan fingerprint density at radius 1 is 0.878 bits per heavy atom. The molecule has 2 N–H and O–H groups in total. The van der Waals surface area contributed by atoms with Gasteiger partial charge < -0.3 is 39.0 Å². The highest BCUT2D eigenvalue weighted by Crippen LogP contribution is 2.41. The van der Waals surface area contributed by atoms with E-state index < -0.39 is 5.41 Å². The van der Waals surface area contributed by atoms with E-state index in [4.69, 9.17) is 19.2 Å². The van der Waals surface area contributed by atoms with Gasteiger partial charge in [0.15, 0.2) is 11.5 Å². The van der Waals surface area contributed by atoms with Gasteiger partial charge in [-0.15, -0.1) is 0 Å². The van der Waals surface area contributed by atoms with E-state index in [-0.39, 0.29) is 11.4 Å². The second-order valence-electron chi connectivity index (χ2n) is 13.2. The highest BCUT2D eigenvalue weighted by Gasteiger charge is 2.46. The zero-order valence-corrected chi connectivity index (χ0v) is 29.6. The van der Waals surface area contributed by atoms with Crippen molar-refractivity contribution < 1.29 is 24.5 Å². The molecule has 4 aromatic rings. The van der Waals surface area contributed by atoms with Crippen LogP contribution in [0.4, 0.5) is 5.95 Å². The molecule has 0 saturated carbocycles. The number of rotatable bonds is 14. The van der Waals surface area contributed by atoms with Crippen molar-refractivity contribution >= 4 is 22.9 Å². The molecule has 2 aliphatic rings. The highest BCUT2D eigenvalue weighted by molar-refractivity contribution is 5.85. The lowest BCUT2D eigenvalue weighted by Crippen LogP contribution is -2.40. The predicted octanol–water partition coefficient (Wildman–Crippen LogP) is 5.14. The number of fused-ring (bicyclic) bond motifs is 1. The van der Waals surface area contributed by atoms with E-state index in [1.54, 1.807) is 14.2 Å². The molecule has 2 fully saturated rings. The number of aromatic nitrogens is 2. The Bertz CT molecular complexity index is 1680. The van der Waals surface area contributed by atoms with Crippen molar-refractivity contribution in [1.82, 2.24) is 19.4 Å². The number of likely N-dealkylation sites (tertiary alicyclic amines) is 1. The lowest BCUT2D eigenvalue weighted by molar-refractivity contribution is -0.137. The van der Waals surface area contributed by atoms with Crippen LogP contribution in [0.25, 0.3) is 11.0 Å². The van der Waals surface area contributed by atoms with Crippen LogP contribution in [0.5, 0.6) is 11.5 Å². The minimum absolute atomic E-state index is 0. The van der Waals surface area contributed by atoms with Crippen LogP contribution >= 0.6 is 0 Å². The van der Waals surface area contributed by atoms with Crippen molar-refractivity contribution in [2.45, 2.75) is 52.6 Å². The number of hydrogen-bond acceptors (Lipinski definition) is 7. The van der Waals surface area contributed by atoms with Crippen molar-refractivity contribution in [2.75, 3.05) is 71.6 Å². The van der Waals surface area contributed by atoms with Gasteiger partial charge in [0.25, 0.3) is 0 Å². The van der Waals surface area contributed by atoms with Crippen LogP contribution < -0.4 is 14.4 Å². The minimum atomic E-state index is -0.424. The maximum absolute atomic E-state index is 14.4. The van der Waals surface area contributed by atoms with E-state index in [9.17, 15) is 4.79 Å². The molecule has 3 heterocycles. The standard InChI is InChI=1S/C39H51N5O4.H2O/c1-5-48-25-24-44-34-15-10-9-14-33(34)40-38(44)42-19-11-18-41(22-23-42)20-16-39(28-31-12-7-6-8-13-31)17-21-43(37(39)45)29-32-26-30(2)36(47-4)35(27-32)46-3;/h6-10,12-15,26-27H,5,11,16-25,28-29H2,1-4H3;1H2. The SMILES string of the molecule is CCOCCn1c(N2CCCN(CCC3(Cc4ccccc4)CCN(Cc4cc(C)c(OC)c(OC)c4)C3=O)CC2)nc2ccccc21.O. The lowest BCUT2D eigenvalue weighted by atomic mass is 9.77. The molecule has 264 valence electrons. The Morgan fingerprint density at radius 3 is 2.45 bits per heavy atom. The Kier molecular flexibility index (Phi) is 12.2. The molecule has 1 amide bonds. The molecule has 0 radical (unpaired) electrons. The van der Waals surface area contributed by atoms with Crippen molar-refractivity contribution in [2.24, 2.45) is 5.41 Å². The van der Waals surface area contributed by atoms with Crippen molar-refractivity contribution in [3.63, 3.8) is 0 Å². The van der Waals surface area contributed by atoms with Crippen molar-refractivity contribution in [1.29, 1.82) is 0 Å². The number of ether oxygens (including phenoxy) is 3. The maximum Gasteiger partial charge on any atom is 0.229 e. The second-order valence-corrected chi connectivity index (χ2v) is 13.2. The Labute approximate surface area is 290 Å². The summed E-state index contributed by atoms with van der Waals surface area (Å²) in [6.07, 6.45) is 3.52. The normalized spacial score (nSPS) is 18.5. The average molecular weight is 672 g/mol. The first-order valence-corrected chi connectivity index (χ1v) is 17.5. The monoisotopic (exact) mass is 671 g/mol. The van der Waals surface area contributed by atoms with Crippen LogP contribution in [0.3, 0.4) is 0 Å². The van der Waals surface area contributed by atoms with Crippen LogP contribution in [0.15, 0.2) is 66.7 Å². The van der Waals surface area contributed by atoms with Gasteiger partial charge in [-0.1, -0.05) is 48.5 Å². The second kappa shape index (κ2) is 16.5. The molecule has 0 spiro atoms. The number of carbonyl (C=O) groups excluding carboxylic acids is 1. The third-order valence-electron chi connectivity index (χ3n) is 10.2. The number of carbonyl (C=O) groups is 1. The number of para-hydroxylation sites is 2. The Hall–Kier alpha value is -4.12. The van der Waals surface area contributed by atoms with Gasteiger partial charge in [-0.25, -0.2) is 4.98 Å². The molecule has 1 unspecified atom stereocenters. The van der Waals surface area contributed by atoms with E-state index >= 15 is 0 Å². The molecule has 10 nitrogen and oxygen atoms in total. The average Bonchev–Trinajstić information content (AvgIpc) is 3.50. The van der Waals surface area contributed by atoms with Gasteiger partial charge in [-0.3, -0.25) is 4.79 Å². The fraction of sp³-hybridized carbons (Fsp3) is 0.487. The van der Waals surface area contributed by atoms with Crippen LogP contribution in [0.1, 0.15) is 42.9 Å². The molecule has 2 aliphatic heterocycles. The number of anilines is 1. The molecule has 49 heavy (non-hydrogen) atoms. The summed E-state index contributed by atoms with van der Waals surface area (Å²) in [5.74, 6) is 2.74. The third kappa shape index (κ3) is 8.03. The Morgan fingerprint density at radius 2 is 1.67 bits per heavy atom. The molecule has 1 aromatic heterocycles. The van der Waals surface area contributed by atoms with Crippen LogP contribution in [-0.4, -0.2) is 97.4 Å². The number of aryl methyl sites for hydroxylation is 1. The van der Waals surface area contributed by atoms with E-state index in [0.29, 0.717) is 25.5 Å². The first-order chi connectivity index (χ1) is 23.4. The van der Waals surface area contributed by atoms with Gasteiger partial charge in [0.2, 0.25) is 11.9 Å². The number of benzene rings is 3. The molecule has 10 heteroatoms. The third-order valence-corrected chi connectivity index (χ3v) is 10.2. The maximum atomic E-state index is 14.4. The number of amides is 1. The van der Waals surface area contributed by atoms with Crippen molar-refractivity contribution in [3.8, 4) is 11.5 Å². The van der Waals surface area contributed by atoms with Gasteiger partial charge in [0.1, 0.15) is 0 Å². The minimum Gasteiger partial charge on any atom is -0.493 e. The number of methoxy groups -OCH3 is 2. The van der Waals surface area contributed by atoms with Gasteiger partial charge in [0, 0.05) is 45.9 Å². The summed E-state index contributed by atoms with van der Waals surface area (Å²) in [5, 5.41) is 0. The van der Waals surface area contributed by atoms with E-state index in [1.807, 2.05) is 26.0 Å². The molecule has 0 bridgehead atoms. The summed E-state index contributed by atoms with van der Waals surface area (Å²) in [6, 6.07) is 23.0. The van der Waals surface area contributed by atoms with E-state index in [0.717, 1.165) is 105 Å². The summed E-state index contributed by atoms with van der Waals surface area (Å²) in [7, 11) is 3.32. The van der Waals surface area contributed by atoms with Gasteiger partial charge >= 0.3 is 0 Å². The van der Waals surface area contributed by atoms with Crippen molar-refractivity contribution in [3.05, 3.63) is 83.4 Å². The predicted molar refractivity (Wildman–Crippen MR) is 195 cm³/mol. The molecule has 6 rings (SSSR count). The molecule has 1 atom stereocenters. The zero-order valence-electron chi connectivity index (χ0n) is 29.6. The first-order valence-electron chi connectivity index (χ1n) is 17.5.